The third-order valence-electron chi connectivity index (χ3n) is 3.07. The van der Waals surface area contributed by atoms with Gasteiger partial charge in [0.1, 0.15) is 17.3 Å². The minimum absolute atomic E-state index is 0.526. The Balaban J connectivity index is 2.52. The van der Waals surface area contributed by atoms with Crippen molar-refractivity contribution in [1.29, 1.82) is 0 Å². The van der Waals surface area contributed by atoms with Crippen molar-refractivity contribution in [2.24, 2.45) is 5.73 Å². The number of nitrogens with zero attached hydrogens (tertiary/aromatic N) is 2. The molecule has 0 fully saturated rings. The van der Waals surface area contributed by atoms with Crippen molar-refractivity contribution >= 4 is 0 Å². The molecule has 2 aromatic rings. The maximum atomic E-state index is 5.55. The van der Waals surface area contributed by atoms with Gasteiger partial charge in [-0.05, 0) is 37.2 Å². The Morgan fingerprint density at radius 2 is 1.90 bits per heavy atom. The molecule has 1 aromatic carbocycles. The molecule has 0 aliphatic carbocycles. The third kappa shape index (κ3) is 2.88. The first-order valence-corrected chi connectivity index (χ1v) is 6.44. The summed E-state index contributed by atoms with van der Waals surface area (Å²) in [6.07, 6.45) is 2.39. The first kappa shape index (κ1) is 14.3. The Morgan fingerprint density at radius 1 is 1.15 bits per heavy atom. The van der Waals surface area contributed by atoms with Crippen LogP contribution in [0.25, 0.3) is 11.3 Å². The summed E-state index contributed by atoms with van der Waals surface area (Å²) in [4.78, 5) is 8.73. The molecule has 0 unspecified atom stereocenters. The van der Waals surface area contributed by atoms with Crippen molar-refractivity contribution < 1.29 is 9.47 Å². The SMILES string of the molecule is COc1cc(-c2ccnc(CCN)n2)c(OC)cc1C. The molecule has 0 aliphatic rings. The first-order valence-electron chi connectivity index (χ1n) is 6.44. The van der Waals surface area contributed by atoms with Gasteiger partial charge in [-0.2, -0.15) is 0 Å². The summed E-state index contributed by atoms with van der Waals surface area (Å²) in [5, 5.41) is 0. The minimum Gasteiger partial charge on any atom is -0.496 e. The van der Waals surface area contributed by atoms with Crippen molar-refractivity contribution in [3.05, 3.63) is 35.8 Å². The normalized spacial score (nSPS) is 10.4. The molecular formula is C15H19N3O2. The highest BCUT2D eigenvalue weighted by molar-refractivity contribution is 5.70. The van der Waals surface area contributed by atoms with E-state index in [1.165, 1.54) is 0 Å². The van der Waals surface area contributed by atoms with Crippen LogP contribution < -0.4 is 15.2 Å². The van der Waals surface area contributed by atoms with Crippen LogP contribution in [0.1, 0.15) is 11.4 Å². The predicted octanol–water partition coefficient (Wildman–Crippen LogP) is 1.97. The molecule has 0 saturated heterocycles. The predicted molar refractivity (Wildman–Crippen MR) is 78.1 cm³/mol. The lowest BCUT2D eigenvalue weighted by Crippen LogP contribution is -2.06. The molecule has 106 valence electrons. The van der Waals surface area contributed by atoms with Crippen LogP contribution in [0, 0.1) is 6.92 Å². The molecule has 0 atom stereocenters. The summed E-state index contributed by atoms with van der Waals surface area (Å²) in [5.74, 6) is 2.30. The molecule has 2 N–H and O–H groups in total. The Kier molecular flexibility index (Phi) is 4.53. The van der Waals surface area contributed by atoms with E-state index in [0.29, 0.717) is 13.0 Å². The summed E-state index contributed by atoms with van der Waals surface area (Å²) in [6, 6.07) is 5.73. The second kappa shape index (κ2) is 6.34. The van der Waals surface area contributed by atoms with Crippen LogP contribution in [0.15, 0.2) is 24.4 Å². The van der Waals surface area contributed by atoms with E-state index in [-0.39, 0.29) is 0 Å². The zero-order valence-corrected chi connectivity index (χ0v) is 12.0. The van der Waals surface area contributed by atoms with Crippen LogP contribution in [-0.4, -0.2) is 30.7 Å². The average Bonchev–Trinajstić information content (AvgIpc) is 2.47. The van der Waals surface area contributed by atoms with Gasteiger partial charge in [0.15, 0.2) is 0 Å². The van der Waals surface area contributed by atoms with Crippen molar-refractivity contribution in [3.63, 3.8) is 0 Å². The molecule has 0 radical (unpaired) electrons. The molecule has 0 saturated carbocycles. The highest BCUT2D eigenvalue weighted by Gasteiger charge is 2.12. The number of rotatable bonds is 5. The highest BCUT2D eigenvalue weighted by atomic mass is 16.5. The van der Waals surface area contributed by atoms with Gasteiger partial charge in [-0.25, -0.2) is 9.97 Å². The van der Waals surface area contributed by atoms with Gasteiger partial charge >= 0.3 is 0 Å². The largest absolute Gasteiger partial charge is 0.496 e. The van der Waals surface area contributed by atoms with E-state index in [2.05, 4.69) is 9.97 Å². The molecule has 1 aromatic heterocycles. The maximum Gasteiger partial charge on any atom is 0.130 e. The summed E-state index contributed by atoms with van der Waals surface area (Å²) < 4.78 is 10.8. The average molecular weight is 273 g/mol. The number of methoxy groups -OCH3 is 2. The number of aromatic nitrogens is 2. The van der Waals surface area contributed by atoms with Crippen molar-refractivity contribution in [2.45, 2.75) is 13.3 Å². The number of ether oxygens (including phenoxy) is 2. The van der Waals surface area contributed by atoms with Crippen molar-refractivity contribution in [1.82, 2.24) is 9.97 Å². The maximum absolute atomic E-state index is 5.55. The van der Waals surface area contributed by atoms with Crippen LogP contribution >= 0.6 is 0 Å². The standard InChI is InChI=1S/C15H19N3O2/c1-10-8-14(20-3)11(9-13(10)19-2)12-5-7-17-15(18-12)4-6-16/h5,7-9H,4,6,16H2,1-3H3. The van der Waals surface area contributed by atoms with Gasteiger partial charge in [-0.3, -0.25) is 0 Å². The summed E-state index contributed by atoms with van der Waals surface area (Å²) in [6.45, 7) is 2.50. The fourth-order valence-electron chi connectivity index (χ4n) is 2.05. The second-order valence-electron chi connectivity index (χ2n) is 4.42. The van der Waals surface area contributed by atoms with Crippen molar-refractivity contribution in [3.8, 4) is 22.8 Å². The highest BCUT2D eigenvalue weighted by Crippen LogP contribution is 2.34. The van der Waals surface area contributed by atoms with Gasteiger partial charge in [-0.1, -0.05) is 0 Å². The fourth-order valence-corrected chi connectivity index (χ4v) is 2.05. The minimum atomic E-state index is 0.526. The van der Waals surface area contributed by atoms with Gasteiger partial charge in [0.25, 0.3) is 0 Å². The topological polar surface area (TPSA) is 70.3 Å². The van der Waals surface area contributed by atoms with E-state index < -0.39 is 0 Å². The van der Waals surface area contributed by atoms with Gasteiger partial charge in [0.2, 0.25) is 0 Å². The van der Waals surface area contributed by atoms with Crippen LogP contribution in [0.5, 0.6) is 11.5 Å². The number of benzene rings is 1. The van der Waals surface area contributed by atoms with Crippen LogP contribution in [0.3, 0.4) is 0 Å². The Bertz CT molecular complexity index is 600. The molecule has 0 spiro atoms. The lowest BCUT2D eigenvalue weighted by Gasteiger charge is -2.13. The van der Waals surface area contributed by atoms with Gasteiger partial charge < -0.3 is 15.2 Å². The molecular weight excluding hydrogens is 254 g/mol. The number of nitrogens with two attached hydrogens (primary N) is 1. The van der Waals surface area contributed by atoms with Crippen LogP contribution in [-0.2, 0) is 6.42 Å². The molecule has 0 aliphatic heterocycles. The van der Waals surface area contributed by atoms with Gasteiger partial charge in [0.05, 0.1) is 19.9 Å². The van der Waals surface area contributed by atoms with E-state index in [9.17, 15) is 0 Å². The number of aryl methyl sites for hydroxylation is 1. The van der Waals surface area contributed by atoms with E-state index in [0.717, 1.165) is 34.1 Å². The van der Waals surface area contributed by atoms with E-state index in [1.54, 1.807) is 20.4 Å². The van der Waals surface area contributed by atoms with E-state index in [4.69, 9.17) is 15.2 Å². The molecule has 5 heteroatoms. The van der Waals surface area contributed by atoms with Crippen LogP contribution in [0.2, 0.25) is 0 Å². The van der Waals surface area contributed by atoms with Crippen molar-refractivity contribution in [2.75, 3.05) is 20.8 Å². The van der Waals surface area contributed by atoms with E-state index in [1.807, 2.05) is 25.1 Å². The zero-order chi connectivity index (χ0) is 14.5. The smallest absolute Gasteiger partial charge is 0.130 e. The lowest BCUT2D eigenvalue weighted by molar-refractivity contribution is 0.401. The summed E-state index contributed by atoms with van der Waals surface area (Å²) in [5.41, 5.74) is 8.25. The molecule has 2 rings (SSSR count). The number of hydrogen-bond acceptors (Lipinski definition) is 5. The van der Waals surface area contributed by atoms with Crippen LogP contribution in [0.4, 0.5) is 0 Å². The molecule has 0 bridgehead atoms. The summed E-state index contributed by atoms with van der Waals surface area (Å²) >= 11 is 0. The van der Waals surface area contributed by atoms with Gasteiger partial charge in [0, 0.05) is 18.2 Å². The molecule has 5 nitrogen and oxygen atoms in total. The Hall–Kier alpha value is -2.14. The van der Waals surface area contributed by atoms with E-state index >= 15 is 0 Å². The zero-order valence-electron chi connectivity index (χ0n) is 12.0. The second-order valence-corrected chi connectivity index (χ2v) is 4.42. The first-order chi connectivity index (χ1) is 9.69. The van der Waals surface area contributed by atoms with Gasteiger partial charge in [-0.15, -0.1) is 0 Å². The fraction of sp³-hybridized carbons (Fsp3) is 0.333. The third-order valence-corrected chi connectivity index (χ3v) is 3.07. The molecule has 1 heterocycles. The number of hydrogen-bond donors (Lipinski definition) is 1. The Morgan fingerprint density at radius 3 is 2.55 bits per heavy atom. The monoisotopic (exact) mass is 273 g/mol. The molecule has 20 heavy (non-hydrogen) atoms. The Labute approximate surface area is 118 Å². The molecule has 0 amide bonds. The summed E-state index contributed by atoms with van der Waals surface area (Å²) in [7, 11) is 3.30. The quantitative estimate of drug-likeness (QED) is 0.902. The lowest BCUT2D eigenvalue weighted by atomic mass is 10.1.